The van der Waals surface area contributed by atoms with Gasteiger partial charge in [-0.25, -0.2) is 19.3 Å². The summed E-state index contributed by atoms with van der Waals surface area (Å²) < 4.78 is 1.35. The van der Waals surface area contributed by atoms with E-state index in [1.807, 2.05) is 36.2 Å². The lowest BCUT2D eigenvalue weighted by Crippen LogP contribution is -2.14. The molecule has 0 saturated heterocycles. The second-order valence-corrected chi connectivity index (χ2v) is 4.44. The first-order valence-corrected chi connectivity index (χ1v) is 6.14. The Morgan fingerprint density at radius 3 is 3.05 bits per heavy atom. The number of hydrogen-bond donors (Lipinski definition) is 2. The number of nitrogens with one attached hydrogen (secondary N) is 1. The molecule has 2 heterocycles. The average Bonchev–Trinajstić information content (AvgIpc) is 2.87. The van der Waals surface area contributed by atoms with Gasteiger partial charge in [0.2, 0.25) is 0 Å². The van der Waals surface area contributed by atoms with Crippen molar-refractivity contribution in [1.82, 2.24) is 19.6 Å². The monoisotopic (exact) mass is 270 g/mol. The maximum Gasteiger partial charge on any atom is 0.348 e. The lowest BCUT2D eigenvalue weighted by atomic mass is 10.2. The number of fused-ring (bicyclic) bond motifs is 1. The first-order chi connectivity index (χ1) is 9.69. The van der Waals surface area contributed by atoms with E-state index in [1.165, 1.54) is 10.7 Å². The number of nitrogens with two attached hydrogens (primary N) is 1. The van der Waals surface area contributed by atoms with Gasteiger partial charge in [-0.2, -0.15) is 5.10 Å². The van der Waals surface area contributed by atoms with Gasteiger partial charge >= 0.3 is 5.69 Å². The third-order valence-electron chi connectivity index (χ3n) is 3.17. The predicted octanol–water partition coefficient (Wildman–Crippen LogP) is 0.644. The molecule has 0 spiro atoms. The fraction of sp³-hybridized carbons (Fsp3) is 0.154. The van der Waals surface area contributed by atoms with E-state index < -0.39 is 0 Å². The molecule has 1 aromatic carbocycles. The molecule has 0 bridgehead atoms. The number of aromatic nitrogens is 4. The van der Waals surface area contributed by atoms with Crippen molar-refractivity contribution in [3.8, 4) is 0 Å². The molecule has 0 atom stereocenters. The number of hydrogen-bond acceptors (Lipinski definition) is 5. The van der Waals surface area contributed by atoms with E-state index in [-0.39, 0.29) is 5.69 Å². The molecule has 102 valence electrons. The lowest BCUT2D eigenvalue weighted by Gasteiger charge is -2.18. The van der Waals surface area contributed by atoms with Crippen LogP contribution >= 0.6 is 0 Å². The summed E-state index contributed by atoms with van der Waals surface area (Å²) in [5.41, 5.74) is 7.90. The van der Waals surface area contributed by atoms with Crippen LogP contribution in [-0.4, -0.2) is 26.6 Å². The van der Waals surface area contributed by atoms with Gasteiger partial charge in [-0.05, 0) is 17.7 Å². The second kappa shape index (κ2) is 4.78. The molecule has 7 nitrogen and oxygen atoms in total. The zero-order valence-corrected chi connectivity index (χ0v) is 10.9. The summed E-state index contributed by atoms with van der Waals surface area (Å²) in [5.74, 6) is 0.700. The van der Waals surface area contributed by atoms with Gasteiger partial charge in [0.1, 0.15) is 12.1 Å². The molecule has 7 heteroatoms. The minimum Gasteiger partial charge on any atom is -0.329 e. The average molecular weight is 270 g/mol. The van der Waals surface area contributed by atoms with Crippen molar-refractivity contribution >= 4 is 17.2 Å². The van der Waals surface area contributed by atoms with Gasteiger partial charge in [-0.15, -0.1) is 0 Å². The number of nitrogens with zero attached hydrogens (tertiary/aromatic N) is 4. The highest BCUT2D eigenvalue weighted by molar-refractivity contribution is 5.62. The van der Waals surface area contributed by atoms with Crippen molar-refractivity contribution in [2.24, 2.45) is 5.73 Å². The molecule has 0 radical (unpaired) electrons. The van der Waals surface area contributed by atoms with E-state index in [1.54, 1.807) is 6.07 Å². The smallest absolute Gasteiger partial charge is 0.329 e. The molecular formula is C13H14N6O. The second-order valence-electron chi connectivity index (χ2n) is 4.44. The normalized spacial score (nSPS) is 10.9. The largest absolute Gasteiger partial charge is 0.348 e. The van der Waals surface area contributed by atoms with Crippen LogP contribution in [0.1, 0.15) is 5.56 Å². The van der Waals surface area contributed by atoms with Crippen LogP contribution in [0.4, 0.5) is 11.5 Å². The summed E-state index contributed by atoms with van der Waals surface area (Å²) in [5, 5.41) is 6.31. The van der Waals surface area contributed by atoms with Gasteiger partial charge in [0.05, 0.1) is 0 Å². The highest BCUT2D eigenvalue weighted by Gasteiger charge is 2.08. The molecule has 2 aromatic heterocycles. The van der Waals surface area contributed by atoms with Crippen LogP contribution in [0.15, 0.2) is 41.5 Å². The number of aromatic amines is 1. The Hall–Kier alpha value is -2.67. The Bertz CT molecular complexity index is 806. The van der Waals surface area contributed by atoms with Crippen LogP contribution < -0.4 is 16.3 Å². The highest BCUT2D eigenvalue weighted by atomic mass is 16.1. The fourth-order valence-corrected chi connectivity index (χ4v) is 2.01. The third kappa shape index (κ3) is 2.04. The fourth-order valence-electron chi connectivity index (χ4n) is 2.01. The summed E-state index contributed by atoms with van der Waals surface area (Å²) >= 11 is 0. The maximum absolute atomic E-state index is 11.4. The molecule has 0 aliphatic heterocycles. The first kappa shape index (κ1) is 12.4. The van der Waals surface area contributed by atoms with Crippen molar-refractivity contribution in [3.63, 3.8) is 0 Å². The molecule has 3 rings (SSSR count). The third-order valence-corrected chi connectivity index (χ3v) is 3.17. The van der Waals surface area contributed by atoms with Crippen molar-refractivity contribution < 1.29 is 0 Å². The summed E-state index contributed by atoms with van der Waals surface area (Å²) in [7, 11) is 1.90. The molecule has 0 unspecified atom stereocenters. The van der Waals surface area contributed by atoms with E-state index >= 15 is 0 Å². The van der Waals surface area contributed by atoms with Crippen LogP contribution in [0.25, 0.3) is 5.65 Å². The molecule has 3 aromatic rings. The zero-order valence-electron chi connectivity index (χ0n) is 10.9. The quantitative estimate of drug-likeness (QED) is 0.728. The number of rotatable bonds is 3. The van der Waals surface area contributed by atoms with Gasteiger partial charge in [0.25, 0.3) is 0 Å². The van der Waals surface area contributed by atoms with E-state index in [4.69, 9.17) is 5.73 Å². The van der Waals surface area contributed by atoms with Crippen LogP contribution in [-0.2, 0) is 6.54 Å². The first-order valence-electron chi connectivity index (χ1n) is 6.14. The predicted molar refractivity (Wildman–Crippen MR) is 76.0 cm³/mol. The van der Waals surface area contributed by atoms with E-state index in [0.717, 1.165) is 11.3 Å². The topological polar surface area (TPSA) is 92.3 Å². The Morgan fingerprint density at radius 2 is 2.25 bits per heavy atom. The number of anilines is 2. The van der Waals surface area contributed by atoms with Gasteiger partial charge in [-0.1, -0.05) is 12.1 Å². The van der Waals surface area contributed by atoms with Crippen molar-refractivity contribution in [3.05, 3.63) is 52.7 Å². The minimum atomic E-state index is -0.299. The summed E-state index contributed by atoms with van der Waals surface area (Å²) in [6.45, 7) is 0.489. The van der Waals surface area contributed by atoms with Gasteiger partial charge in [0.15, 0.2) is 5.65 Å². The lowest BCUT2D eigenvalue weighted by molar-refractivity contribution is 0.985. The van der Waals surface area contributed by atoms with Gasteiger partial charge < -0.3 is 10.6 Å². The van der Waals surface area contributed by atoms with Gasteiger partial charge in [-0.3, -0.25) is 0 Å². The van der Waals surface area contributed by atoms with Crippen LogP contribution in [0, 0.1) is 0 Å². The molecule has 0 amide bonds. The zero-order chi connectivity index (χ0) is 14.1. The summed E-state index contributed by atoms with van der Waals surface area (Å²) in [4.78, 5) is 17.6. The molecule has 0 fully saturated rings. The maximum atomic E-state index is 11.4. The number of benzene rings is 1. The molecular weight excluding hydrogens is 256 g/mol. The Labute approximate surface area is 114 Å². The highest BCUT2D eigenvalue weighted by Crippen LogP contribution is 2.22. The number of H-pyrrole nitrogens is 1. The van der Waals surface area contributed by atoms with Crippen LogP contribution in [0.3, 0.4) is 0 Å². The molecule has 0 aliphatic carbocycles. The van der Waals surface area contributed by atoms with Crippen LogP contribution in [0.2, 0.25) is 0 Å². The van der Waals surface area contributed by atoms with Crippen molar-refractivity contribution in [1.29, 1.82) is 0 Å². The minimum absolute atomic E-state index is 0.299. The van der Waals surface area contributed by atoms with Gasteiger partial charge in [0, 0.05) is 25.3 Å². The van der Waals surface area contributed by atoms with E-state index in [0.29, 0.717) is 18.0 Å². The molecule has 0 aliphatic rings. The molecule has 20 heavy (non-hydrogen) atoms. The molecule has 3 N–H and O–H groups in total. The molecule has 0 saturated carbocycles. The Morgan fingerprint density at radius 1 is 1.40 bits per heavy atom. The SMILES string of the molecule is CN(c1cccc(CN)c1)c1cc2n[nH]c(=O)n2cn1. The van der Waals surface area contributed by atoms with E-state index in [9.17, 15) is 4.79 Å². The van der Waals surface area contributed by atoms with E-state index in [2.05, 4.69) is 15.2 Å². The Balaban J connectivity index is 2.02. The Kier molecular flexibility index (Phi) is 2.96. The standard InChI is InChI=1S/C13H14N6O/c1-18(10-4-2-3-9(5-10)7-14)11-6-12-16-17-13(20)19(12)8-15-11/h2-6,8H,7,14H2,1H3,(H,17,20). The summed E-state index contributed by atoms with van der Waals surface area (Å²) in [6, 6.07) is 9.64. The van der Waals surface area contributed by atoms with Crippen molar-refractivity contribution in [2.75, 3.05) is 11.9 Å². The van der Waals surface area contributed by atoms with Crippen LogP contribution in [0.5, 0.6) is 0 Å². The summed E-state index contributed by atoms with van der Waals surface area (Å²) in [6.07, 6.45) is 1.46. The van der Waals surface area contributed by atoms with Crippen molar-refractivity contribution in [2.45, 2.75) is 6.54 Å².